The standard InChI is InChI=1S/C13H17N5O2S/c1-16(6-9-5-12(18(19)20)21-8-9)7-11-14-15-13(17(11)2)10-3-4-10/h5,8,10H,3-4,6-7H2,1-2H3. The van der Waals surface area contributed by atoms with Crippen molar-refractivity contribution >= 4 is 16.3 Å². The van der Waals surface area contributed by atoms with Crippen LogP contribution in [-0.2, 0) is 20.1 Å². The van der Waals surface area contributed by atoms with Gasteiger partial charge in [0.2, 0.25) is 0 Å². The first kappa shape index (κ1) is 14.2. The smallest absolute Gasteiger partial charge is 0.317 e. The van der Waals surface area contributed by atoms with Crippen LogP contribution >= 0.6 is 11.3 Å². The highest BCUT2D eigenvalue weighted by Crippen LogP contribution is 2.38. The van der Waals surface area contributed by atoms with E-state index in [0.717, 1.165) is 17.2 Å². The van der Waals surface area contributed by atoms with Crippen molar-refractivity contribution in [1.82, 2.24) is 19.7 Å². The first-order valence-electron chi connectivity index (χ1n) is 6.83. The molecule has 1 aliphatic carbocycles. The summed E-state index contributed by atoms with van der Waals surface area (Å²) in [5.74, 6) is 2.59. The molecule has 0 saturated heterocycles. The van der Waals surface area contributed by atoms with Crippen LogP contribution in [0, 0.1) is 10.1 Å². The Balaban J connectivity index is 1.63. The van der Waals surface area contributed by atoms with Gasteiger partial charge in [-0.05, 0) is 25.5 Å². The molecule has 2 aromatic rings. The molecule has 7 nitrogen and oxygen atoms in total. The third-order valence-corrected chi connectivity index (χ3v) is 4.55. The number of aromatic nitrogens is 3. The molecule has 8 heteroatoms. The van der Waals surface area contributed by atoms with Crippen LogP contribution in [0.2, 0.25) is 0 Å². The number of thiophene rings is 1. The largest absolute Gasteiger partial charge is 0.324 e. The minimum absolute atomic E-state index is 0.188. The maximum absolute atomic E-state index is 10.7. The van der Waals surface area contributed by atoms with Crippen LogP contribution in [0.3, 0.4) is 0 Å². The predicted molar refractivity (Wildman–Crippen MR) is 79.1 cm³/mol. The van der Waals surface area contributed by atoms with Crippen molar-refractivity contribution in [3.63, 3.8) is 0 Å². The van der Waals surface area contributed by atoms with Crippen molar-refractivity contribution in [2.24, 2.45) is 7.05 Å². The van der Waals surface area contributed by atoms with Gasteiger partial charge in [-0.2, -0.15) is 0 Å². The van der Waals surface area contributed by atoms with Gasteiger partial charge in [0.15, 0.2) is 0 Å². The Bertz CT molecular complexity index is 661. The fourth-order valence-electron chi connectivity index (χ4n) is 2.36. The van der Waals surface area contributed by atoms with Crippen molar-refractivity contribution in [3.05, 3.63) is 38.8 Å². The van der Waals surface area contributed by atoms with E-state index in [1.165, 1.54) is 24.2 Å². The third kappa shape index (κ3) is 3.11. The first-order valence-corrected chi connectivity index (χ1v) is 7.71. The van der Waals surface area contributed by atoms with Crippen LogP contribution in [0.1, 0.15) is 36.0 Å². The Hall–Kier alpha value is -1.80. The highest BCUT2D eigenvalue weighted by molar-refractivity contribution is 7.13. The summed E-state index contributed by atoms with van der Waals surface area (Å²) in [4.78, 5) is 12.4. The van der Waals surface area contributed by atoms with Gasteiger partial charge in [0.1, 0.15) is 11.6 Å². The molecule has 1 fully saturated rings. The first-order chi connectivity index (χ1) is 10.0. The fourth-order valence-corrected chi connectivity index (χ4v) is 3.08. The van der Waals surface area contributed by atoms with Gasteiger partial charge in [-0.1, -0.05) is 11.3 Å². The van der Waals surface area contributed by atoms with E-state index in [1.54, 1.807) is 6.07 Å². The molecular formula is C13H17N5O2S. The summed E-state index contributed by atoms with van der Waals surface area (Å²) < 4.78 is 2.07. The Morgan fingerprint density at radius 1 is 1.48 bits per heavy atom. The van der Waals surface area contributed by atoms with Gasteiger partial charge in [-0.25, -0.2) is 0 Å². The maximum Gasteiger partial charge on any atom is 0.324 e. The molecule has 2 aromatic heterocycles. The summed E-state index contributed by atoms with van der Waals surface area (Å²) >= 11 is 1.17. The molecule has 0 unspecified atom stereocenters. The topological polar surface area (TPSA) is 77.1 Å². The zero-order valence-corrected chi connectivity index (χ0v) is 12.8. The minimum atomic E-state index is -0.348. The average Bonchev–Trinajstić information content (AvgIpc) is 3.06. The van der Waals surface area contributed by atoms with Gasteiger partial charge in [0, 0.05) is 31.0 Å². The van der Waals surface area contributed by atoms with Crippen LogP contribution < -0.4 is 0 Å². The molecule has 0 spiro atoms. The third-order valence-electron chi connectivity index (χ3n) is 3.62. The van der Waals surface area contributed by atoms with E-state index in [1.807, 2.05) is 19.5 Å². The van der Waals surface area contributed by atoms with E-state index in [-0.39, 0.29) is 9.92 Å². The normalized spacial score (nSPS) is 14.8. The maximum atomic E-state index is 10.7. The van der Waals surface area contributed by atoms with Crippen LogP contribution in [0.5, 0.6) is 0 Å². The predicted octanol–water partition coefficient (Wildman–Crippen LogP) is 2.29. The van der Waals surface area contributed by atoms with Crippen molar-refractivity contribution in [1.29, 1.82) is 0 Å². The second-order valence-corrected chi connectivity index (χ2v) is 6.42. The lowest BCUT2D eigenvalue weighted by molar-refractivity contribution is -0.380. The molecule has 0 N–H and O–H groups in total. The number of rotatable bonds is 6. The van der Waals surface area contributed by atoms with Gasteiger partial charge >= 0.3 is 5.00 Å². The second kappa shape index (κ2) is 5.53. The molecule has 1 saturated carbocycles. The monoisotopic (exact) mass is 307 g/mol. The highest BCUT2D eigenvalue weighted by atomic mass is 32.1. The lowest BCUT2D eigenvalue weighted by Crippen LogP contribution is -2.19. The molecule has 2 heterocycles. The highest BCUT2D eigenvalue weighted by Gasteiger charge is 2.29. The van der Waals surface area contributed by atoms with Crippen LogP contribution in [0.15, 0.2) is 11.4 Å². The van der Waals surface area contributed by atoms with Gasteiger partial charge in [0.25, 0.3) is 0 Å². The molecule has 0 radical (unpaired) electrons. The number of nitrogens with zero attached hydrogens (tertiary/aromatic N) is 5. The molecule has 112 valence electrons. The minimum Gasteiger partial charge on any atom is -0.317 e. The van der Waals surface area contributed by atoms with E-state index in [2.05, 4.69) is 19.7 Å². The van der Waals surface area contributed by atoms with E-state index in [9.17, 15) is 10.1 Å². The van der Waals surface area contributed by atoms with Gasteiger partial charge in [0.05, 0.1) is 11.5 Å². The zero-order valence-electron chi connectivity index (χ0n) is 12.0. The second-order valence-electron chi connectivity index (χ2n) is 5.53. The van der Waals surface area contributed by atoms with Crippen LogP contribution in [-0.4, -0.2) is 31.6 Å². The molecule has 3 rings (SSSR count). The van der Waals surface area contributed by atoms with E-state index < -0.39 is 0 Å². The Morgan fingerprint density at radius 2 is 2.24 bits per heavy atom. The number of nitro groups is 1. The summed E-state index contributed by atoms with van der Waals surface area (Å²) in [6, 6.07) is 1.63. The van der Waals surface area contributed by atoms with Crippen molar-refractivity contribution < 1.29 is 4.92 Å². The zero-order chi connectivity index (χ0) is 15.0. The van der Waals surface area contributed by atoms with Crippen LogP contribution in [0.4, 0.5) is 5.00 Å². The molecule has 1 aliphatic rings. The van der Waals surface area contributed by atoms with Crippen molar-refractivity contribution in [3.8, 4) is 0 Å². The molecular weight excluding hydrogens is 290 g/mol. The van der Waals surface area contributed by atoms with Gasteiger partial charge in [-0.15, -0.1) is 10.2 Å². The van der Waals surface area contributed by atoms with Crippen molar-refractivity contribution in [2.45, 2.75) is 31.8 Å². The van der Waals surface area contributed by atoms with Gasteiger partial charge < -0.3 is 4.57 Å². The van der Waals surface area contributed by atoms with Crippen molar-refractivity contribution in [2.75, 3.05) is 7.05 Å². The van der Waals surface area contributed by atoms with E-state index in [4.69, 9.17) is 0 Å². The summed E-state index contributed by atoms with van der Waals surface area (Å²) in [6.45, 7) is 1.34. The molecule has 0 aromatic carbocycles. The lowest BCUT2D eigenvalue weighted by Gasteiger charge is -2.15. The lowest BCUT2D eigenvalue weighted by atomic mass is 10.3. The molecule has 0 aliphatic heterocycles. The quantitative estimate of drug-likeness (QED) is 0.604. The molecule has 21 heavy (non-hydrogen) atoms. The number of hydrogen-bond acceptors (Lipinski definition) is 6. The van der Waals surface area contributed by atoms with Crippen LogP contribution in [0.25, 0.3) is 0 Å². The SMILES string of the molecule is CN(Cc1csc([N+](=O)[O-])c1)Cc1nnc(C2CC2)n1C. The summed E-state index contributed by atoms with van der Waals surface area (Å²) in [7, 11) is 3.99. The fraction of sp³-hybridized carbons (Fsp3) is 0.538. The Labute approximate surface area is 126 Å². The van der Waals surface area contributed by atoms with E-state index >= 15 is 0 Å². The molecule has 0 amide bonds. The summed E-state index contributed by atoms with van der Waals surface area (Å²) in [5.41, 5.74) is 0.957. The molecule has 0 atom stereocenters. The Morgan fingerprint density at radius 3 is 2.86 bits per heavy atom. The summed E-state index contributed by atoms with van der Waals surface area (Å²) in [5, 5.41) is 21.2. The molecule has 0 bridgehead atoms. The van der Waals surface area contributed by atoms with Gasteiger partial charge in [-0.3, -0.25) is 15.0 Å². The van der Waals surface area contributed by atoms with E-state index in [0.29, 0.717) is 19.0 Å². The summed E-state index contributed by atoms with van der Waals surface area (Å²) in [6.07, 6.45) is 2.42. The number of hydrogen-bond donors (Lipinski definition) is 0. The average molecular weight is 307 g/mol. The Kier molecular flexibility index (Phi) is 3.73.